The van der Waals surface area contributed by atoms with Crippen molar-refractivity contribution in [3.63, 3.8) is 0 Å². The van der Waals surface area contributed by atoms with Gasteiger partial charge in [-0.15, -0.1) is 0 Å². The van der Waals surface area contributed by atoms with Crippen molar-refractivity contribution >= 4 is 77.0 Å². The van der Waals surface area contributed by atoms with E-state index < -0.39 is 7.14 Å². The van der Waals surface area contributed by atoms with E-state index in [9.17, 15) is 0 Å². The Morgan fingerprint density at radius 2 is 0.776 bits per heavy atom. The van der Waals surface area contributed by atoms with Crippen LogP contribution in [0, 0.1) is 0 Å². The van der Waals surface area contributed by atoms with Crippen molar-refractivity contribution in [2.45, 2.75) is 0 Å². The lowest BCUT2D eigenvalue weighted by Gasteiger charge is -2.22. The summed E-state index contributed by atoms with van der Waals surface area (Å²) < 4.78 is 15.6. The zero-order valence-corrected chi connectivity index (χ0v) is 32.5. The molecule has 0 aliphatic carbocycles. The van der Waals surface area contributed by atoms with Gasteiger partial charge in [0.2, 0.25) is 0 Å². The van der Waals surface area contributed by atoms with Gasteiger partial charge in [-0.3, -0.25) is 0 Å². The Labute approximate surface area is 337 Å². The summed E-state index contributed by atoms with van der Waals surface area (Å²) in [6.45, 7) is 0. The first kappa shape index (κ1) is 34.2. The van der Waals surface area contributed by atoms with E-state index in [4.69, 9.17) is 4.98 Å². The highest BCUT2D eigenvalue weighted by molar-refractivity contribution is 7.85. The van der Waals surface area contributed by atoms with Crippen LogP contribution in [0.4, 0.5) is 0 Å². The third kappa shape index (κ3) is 5.34. The van der Waals surface area contributed by atoms with Crippen LogP contribution in [0.2, 0.25) is 0 Å². The largest absolute Gasteiger partial charge is 0.309 e. The zero-order valence-electron chi connectivity index (χ0n) is 31.6. The summed E-state index contributed by atoms with van der Waals surface area (Å²) >= 11 is 0. The number of rotatable bonds is 6. The highest BCUT2D eigenvalue weighted by atomic mass is 31.2. The van der Waals surface area contributed by atoms with Gasteiger partial charge in [0.05, 0.1) is 11.2 Å². The molecule has 0 saturated carbocycles. The lowest BCUT2D eigenvalue weighted by molar-refractivity contribution is 0.592. The molecule has 0 radical (unpaired) electrons. The molecule has 0 aliphatic rings. The van der Waals surface area contributed by atoms with Gasteiger partial charge in [-0.1, -0.05) is 200 Å². The van der Waals surface area contributed by atoms with Crippen molar-refractivity contribution < 1.29 is 4.57 Å². The van der Waals surface area contributed by atoms with E-state index in [1.807, 2.05) is 66.7 Å². The Balaban J connectivity index is 1.23. The van der Waals surface area contributed by atoms with Gasteiger partial charge < -0.3 is 4.57 Å². The lowest BCUT2D eigenvalue weighted by atomic mass is 9.83. The summed E-state index contributed by atoms with van der Waals surface area (Å²) in [5.41, 5.74) is 7.58. The number of benzene rings is 10. The minimum absolute atomic E-state index is 0.813. The van der Waals surface area contributed by atoms with Crippen LogP contribution >= 0.6 is 7.14 Å². The predicted octanol–water partition coefficient (Wildman–Crippen LogP) is 13.5. The maximum atomic E-state index is 15.6. The van der Waals surface area contributed by atoms with Crippen LogP contribution in [0.1, 0.15) is 0 Å². The molecule has 0 bridgehead atoms. The van der Waals surface area contributed by atoms with E-state index in [2.05, 4.69) is 152 Å². The lowest BCUT2D eigenvalue weighted by Crippen LogP contribution is -2.25. The first-order valence-electron chi connectivity index (χ1n) is 19.7. The molecule has 0 unspecified atom stereocenters. The highest BCUT2D eigenvalue weighted by Gasteiger charge is 2.30. The molecule has 0 N–H and O–H groups in total. The SMILES string of the molecule is O=P(c1ccccc1)(c1ccccc1)c1cccc(-c2c3ccccc3c(-c3cc4c(-c5ccccc5)nc5ccccc5c4c4ccccc34)c3ccccc23)c1. The number of para-hydroxylation sites is 1. The third-order valence-corrected chi connectivity index (χ3v) is 14.7. The summed E-state index contributed by atoms with van der Waals surface area (Å²) in [6, 6.07) is 76.2. The average molecular weight is 758 g/mol. The third-order valence-electron chi connectivity index (χ3n) is 11.7. The van der Waals surface area contributed by atoms with Crippen LogP contribution in [0.25, 0.3) is 87.5 Å². The van der Waals surface area contributed by atoms with Crippen molar-refractivity contribution in [2.24, 2.45) is 0 Å². The molecular formula is C55H36NOP. The normalized spacial score (nSPS) is 11.9. The fourth-order valence-electron chi connectivity index (χ4n) is 9.15. The van der Waals surface area contributed by atoms with Crippen molar-refractivity contribution in [2.75, 3.05) is 0 Å². The first-order chi connectivity index (χ1) is 28.7. The Morgan fingerprint density at radius 3 is 1.38 bits per heavy atom. The Bertz CT molecular complexity index is 3310. The second-order valence-corrected chi connectivity index (χ2v) is 17.7. The fourth-order valence-corrected chi connectivity index (χ4v) is 11.8. The summed E-state index contributed by atoms with van der Waals surface area (Å²) in [6.07, 6.45) is 0. The molecule has 1 heterocycles. The van der Waals surface area contributed by atoms with Gasteiger partial charge in [0, 0.05) is 37.6 Å². The molecule has 0 atom stereocenters. The number of aromatic nitrogens is 1. The van der Waals surface area contributed by atoms with Crippen LogP contribution in [0.15, 0.2) is 218 Å². The molecule has 58 heavy (non-hydrogen) atoms. The van der Waals surface area contributed by atoms with E-state index >= 15 is 4.57 Å². The maximum Gasteiger partial charge on any atom is 0.171 e. The van der Waals surface area contributed by atoms with Gasteiger partial charge in [0.25, 0.3) is 0 Å². The van der Waals surface area contributed by atoms with Crippen LogP contribution in [0.5, 0.6) is 0 Å². The van der Waals surface area contributed by atoms with E-state index in [-0.39, 0.29) is 0 Å². The quantitative estimate of drug-likeness (QED) is 0.0960. The summed E-state index contributed by atoms with van der Waals surface area (Å²) in [5, 5.41) is 13.0. The number of fused-ring (bicyclic) bond motifs is 7. The molecule has 0 spiro atoms. The van der Waals surface area contributed by atoms with E-state index in [0.29, 0.717) is 0 Å². The second-order valence-electron chi connectivity index (χ2n) is 14.9. The molecule has 11 rings (SSSR count). The van der Waals surface area contributed by atoms with Gasteiger partial charge in [0.15, 0.2) is 7.14 Å². The summed E-state index contributed by atoms with van der Waals surface area (Å²) in [4.78, 5) is 5.34. The van der Waals surface area contributed by atoms with Crippen molar-refractivity contribution in [1.82, 2.24) is 4.98 Å². The summed E-state index contributed by atoms with van der Waals surface area (Å²) in [5.74, 6) is 0. The van der Waals surface area contributed by atoms with E-state index in [1.54, 1.807) is 0 Å². The van der Waals surface area contributed by atoms with Crippen LogP contribution in [-0.4, -0.2) is 4.98 Å². The minimum atomic E-state index is -3.21. The molecule has 0 aliphatic heterocycles. The smallest absolute Gasteiger partial charge is 0.171 e. The van der Waals surface area contributed by atoms with Crippen molar-refractivity contribution in [1.29, 1.82) is 0 Å². The Kier molecular flexibility index (Phi) is 8.14. The number of hydrogen-bond acceptors (Lipinski definition) is 2. The molecule has 0 fully saturated rings. The number of hydrogen-bond donors (Lipinski definition) is 0. The van der Waals surface area contributed by atoms with Crippen LogP contribution in [0.3, 0.4) is 0 Å². The molecular weight excluding hydrogens is 722 g/mol. The first-order valence-corrected chi connectivity index (χ1v) is 21.4. The average Bonchev–Trinajstić information content (AvgIpc) is 3.30. The molecule has 2 nitrogen and oxygen atoms in total. The van der Waals surface area contributed by atoms with Crippen molar-refractivity contribution in [3.8, 4) is 33.5 Å². The second kappa shape index (κ2) is 13.8. The molecule has 0 saturated heterocycles. The monoisotopic (exact) mass is 757 g/mol. The van der Waals surface area contributed by atoms with Crippen molar-refractivity contribution in [3.05, 3.63) is 218 Å². The molecule has 11 aromatic rings. The fraction of sp³-hybridized carbons (Fsp3) is 0. The molecule has 272 valence electrons. The van der Waals surface area contributed by atoms with E-state index in [0.717, 1.165) is 76.1 Å². The molecule has 3 heteroatoms. The van der Waals surface area contributed by atoms with Gasteiger partial charge in [-0.2, -0.15) is 0 Å². The van der Waals surface area contributed by atoms with Gasteiger partial charge >= 0.3 is 0 Å². The standard InChI is InChI=1S/C55H36NOP/c57-58(39-22-6-2-7-23-39,40-24-8-3-9-25-40)41-26-18-21-38(35-41)52-44-29-12-14-31-46(44)53(47-32-15-13-30-45(47)52)49-36-50-54(43-28-11-10-27-42(43)49)48-33-16-17-34-51(48)56-55(50)37-19-4-1-5-20-37/h1-36H. The van der Waals surface area contributed by atoms with E-state index in [1.165, 1.54) is 27.3 Å². The predicted molar refractivity (Wildman–Crippen MR) is 247 cm³/mol. The Morgan fingerprint density at radius 1 is 0.328 bits per heavy atom. The van der Waals surface area contributed by atoms with Gasteiger partial charge in [-0.25, -0.2) is 4.98 Å². The number of nitrogens with zero attached hydrogens (tertiary/aromatic N) is 1. The summed E-state index contributed by atoms with van der Waals surface area (Å²) in [7, 11) is -3.21. The van der Waals surface area contributed by atoms with Crippen LogP contribution < -0.4 is 15.9 Å². The molecule has 1 aromatic heterocycles. The molecule has 0 amide bonds. The maximum absolute atomic E-state index is 15.6. The highest BCUT2D eigenvalue weighted by Crippen LogP contribution is 2.49. The molecule has 10 aromatic carbocycles. The Hall–Kier alpha value is -7.12. The minimum Gasteiger partial charge on any atom is -0.309 e. The van der Waals surface area contributed by atoms with Crippen LogP contribution in [-0.2, 0) is 4.57 Å². The number of pyridine rings is 1. The van der Waals surface area contributed by atoms with Gasteiger partial charge in [0.1, 0.15) is 0 Å². The zero-order chi connectivity index (χ0) is 38.6. The van der Waals surface area contributed by atoms with Gasteiger partial charge in [-0.05, 0) is 72.8 Å². The topological polar surface area (TPSA) is 30.0 Å².